The summed E-state index contributed by atoms with van der Waals surface area (Å²) in [5.74, 6) is -2.09. The number of nitrogens with zero attached hydrogens (tertiary/aromatic N) is 2. The van der Waals surface area contributed by atoms with Crippen molar-refractivity contribution in [1.82, 2.24) is 10.2 Å². The van der Waals surface area contributed by atoms with Crippen LogP contribution in [0.25, 0.3) is 11.1 Å². The average Bonchev–Trinajstić information content (AvgIpc) is 3.20. The Hall–Kier alpha value is -3.53. The SMILES string of the molecule is CCC(=O)NC1=CC(N(C)C(=O)c2ccc(-c3cc(F)c(C#N)c(F)c3)cc2)CC1. The maximum atomic E-state index is 13.9. The number of allylic oxidation sites excluding steroid dienone is 1. The molecule has 1 atom stereocenters. The number of amides is 2. The summed E-state index contributed by atoms with van der Waals surface area (Å²) >= 11 is 0. The Morgan fingerprint density at radius 2 is 1.80 bits per heavy atom. The Morgan fingerprint density at radius 3 is 2.37 bits per heavy atom. The molecule has 0 bridgehead atoms. The summed E-state index contributed by atoms with van der Waals surface area (Å²) in [6.45, 7) is 1.78. The Labute approximate surface area is 173 Å². The van der Waals surface area contributed by atoms with E-state index in [1.54, 1.807) is 43.1 Å². The third-order valence-corrected chi connectivity index (χ3v) is 5.16. The number of hydrogen-bond acceptors (Lipinski definition) is 3. The van der Waals surface area contributed by atoms with Crippen molar-refractivity contribution >= 4 is 11.8 Å². The number of nitrogens with one attached hydrogen (secondary N) is 1. The molecular formula is C23H21F2N3O2. The lowest BCUT2D eigenvalue weighted by atomic mass is 10.0. The van der Waals surface area contributed by atoms with E-state index in [4.69, 9.17) is 5.26 Å². The van der Waals surface area contributed by atoms with Gasteiger partial charge in [-0.05, 0) is 54.3 Å². The number of hydrogen-bond donors (Lipinski definition) is 1. The maximum absolute atomic E-state index is 13.9. The molecule has 0 saturated carbocycles. The van der Waals surface area contributed by atoms with E-state index in [1.807, 2.05) is 6.08 Å². The van der Waals surface area contributed by atoms with E-state index >= 15 is 0 Å². The van der Waals surface area contributed by atoms with Crippen LogP contribution in [-0.4, -0.2) is 29.8 Å². The first-order chi connectivity index (χ1) is 14.3. The third kappa shape index (κ3) is 4.38. The van der Waals surface area contributed by atoms with Gasteiger partial charge >= 0.3 is 0 Å². The molecule has 2 amide bonds. The monoisotopic (exact) mass is 409 g/mol. The number of rotatable bonds is 5. The van der Waals surface area contributed by atoms with Crippen LogP contribution in [0.3, 0.4) is 0 Å². The first-order valence-corrected chi connectivity index (χ1v) is 9.61. The highest BCUT2D eigenvalue weighted by atomic mass is 19.1. The number of carbonyl (C=O) groups excluding carboxylic acids is 2. The molecule has 0 aliphatic heterocycles. The lowest BCUT2D eigenvalue weighted by molar-refractivity contribution is -0.120. The lowest BCUT2D eigenvalue weighted by Crippen LogP contribution is -2.34. The van der Waals surface area contributed by atoms with Gasteiger partial charge in [0.25, 0.3) is 5.91 Å². The molecule has 0 aromatic heterocycles. The van der Waals surface area contributed by atoms with Gasteiger partial charge in [-0.3, -0.25) is 9.59 Å². The molecule has 1 N–H and O–H groups in total. The fourth-order valence-electron chi connectivity index (χ4n) is 3.39. The fourth-order valence-corrected chi connectivity index (χ4v) is 3.39. The van der Waals surface area contributed by atoms with E-state index in [1.165, 1.54) is 6.07 Å². The van der Waals surface area contributed by atoms with Gasteiger partial charge in [-0.25, -0.2) is 8.78 Å². The Morgan fingerprint density at radius 1 is 1.17 bits per heavy atom. The summed E-state index contributed by atoms with van der Waals surface area (Å²) in [5, 5.41) is 11.6. The van der Waals surface area contributed by atoms with Crippen molar-refractivity contribution in [3.63, 3.8) is 0 Å². The highest BCUT2D eigenvalue weighted by Gasteiger charge is 2.25. The van der Waals surface area contributed by atoms with Crippen LogP contribution >= 0.6 is 0 Å². The van der Waals surface area contributed by atoms with Gasteiger partial charge in [0.05, 0.1) is 6.04 Å². The van der Waals surface area contributed by atoms with E-state index in [0.29, 0.717) is 24.0 Å². The van der Waals surface area contributed by atoms with Crippen molar-refractivity contribution < 1.29 is 18.4 Å². The molecule has 3 rings (SSSR count). The first kappa shape index (κ1) is 21.2. The lowest BCUT2D eigenvalue weighted by Gasteiger charge is -2.23. The van der Waals surface area contributed by atoms with E-state index in [2.05, 4.69) is 5.32 Å². The predicted molar refractivity (Wildman–Crippen MR) is 108 cm³/mol. The van der Waals surface area contributed by atoms with Crippen LogP contribution in [-0.2, 0) is 4.79 Å². The predicted octanol–water partition coefficient (Wildman–Crippen LogP) is 4.15. The quantitative estimate of drug-likeness (QED) is 0.806. The molecule has 7 heteroatoms. The molecule has 0 heterocycles. The molecule has 1 aliphatic carbocycles. The summed E-state index contributed by atoms with van der Waals surface area (Å²) < 4.78 is 27.7. The van der Waals surface area contributed by atoms with Crippen LogP contribution in [0.2, 0.25) is 0 Å². The van der Waals surface area contributed by atoms with Gasteiger partial charge in [-0.1, -0.05) is 19.1 Å². The standard InChI is InChI=1S/C23H21F2N3O2/c1-3-22(29)27-17-8-9-18(12-17)28(2)23(30)15-6-4-14(5-7-15)16-10-20(24)19(13-26)21(25)11-16/h4-7,10-12,18H,3,8-9H2,1-2H3,(H,27,29). The number of likely N-dealkylation sites (N-methyl/N-ethyl adjacent to an activating group) is 1. The van der Waals surface area contributed by atoms with Crippen molar-refractivity contribution in [2.24, 2.45) is 0 Å². The van der Waals surface area contributed by atoms with Gasteiger partial charge < -0.3 is 10.2 Å². The normalized spacial score (nSPS) is 15.3. The molecule has 1 aliphatic rings. The van der Waals surface area contributed by atoms with Crippen molar-refractivity contribution in [3.8, 4) is 17.2 Å². The van der Waals surface area contributed by atoms with E-state index in [-0.39, 0.29) is 23.4 Å². The summed E-state index contributed by atoms with van der Waals surface area (Å²) in [4.78, 5) is 26.0. The second-order valence-corrected chi connectivity index (χ2v) is 7.12. The van der Waals surface area contributed by atoms with Crippen LogP contribution in [0.1, 0.15) is 42.1 Å². The third-order valence-electron chi connectivity index (χ3n) is 5.16. The van der Waals surface area contributed by atoms with Crippen LogP contribution < -0.4 is 5.32 Å². The van der Waals surface area contributed by atoms with Crippen molar-refractivity contribution in [1.29, 1.82) is 5.26 Å². The van der Waals surface area contributed by atoms with Gasteiger partial charge in [0.15, 0.2) is 0 Å². The maximum Gasteiger partial charge on any atom is 0.254 e. The number of carbonyl (C=O) groups is 2. The highest BCUT2D eigenvalue weighted by Crippen LogP contribution is 2.26. The van der Waals surface area contributed by atoms with Crippen LogP contribution in [0.15, 0.2) is 48.2 Å². The highest BCUT2D eigenvalue weighted by molar-refractivity contribution is 5.95. The molecule has 0 spiro atoms. The van der Waals surface area contributed by atoms with Crippen LogP contribution in [0.5, 0.6) is 0 Å². The van der Waals surface area contributed by atoms with E-state index in [9.17, 15) is 18.4 Å². The van der Waals surface area contributed by atoms with Gasteiger partial charge in [0.1, 0.15) is 23.3 Å². The summed E-state index contributed by atoms with van der Waals surface area (Å²) in [7, 11) is 1.70. The van der Waals surface area contributed by atoms with E-state index < -0.39 is 17.2 Å². The molecule has 154 valence electrons. The van der Waals surface area contributed by atoms with E-state index in [0.717, 1.165) is 24.3 Å². The molecule has 0 saturated heterocycles. The van der Waals surface area contributed by atoms with Crippen LogP contribution in [0.4, 0.5) is 8.78 Å². The molecule has 0 fully saturated rings. The van der Waals surface area contributed by atoms with Crippen molar-refractivity contribution in [2.45, 2.75) is 32.2 Å². The zero-order chi connectivity index (χ0) is 21.8. The minimum atomic E-state index is -0.925. The molecular weight excluding hydrogens is 388 g/mol. The minimum Gasteiger partial charge on any atom is -0.335 e. The smallest absolute Gasteiger partial charge is 0.254 e. The zero-order valence-electron chi connectivity index (χ0n) is 16.7. The van der Waals surface area contributed by atoms with Gasteiger partial charge in [0, 0.05) is 24.7 Å². The fraction of sp³-hybridized carbons (Fsp3) is 0.261. The summed E-state index contributed by atoms with van der Waals surface area (Å²) in [6, 6.07) is 9.98. The van der Waals surface area contributed by atoms with Crippen molar-refractivity contribution in [3.05, 3.63) is 70.9 Å². The molecule has 1 unspecified atom stereocenters. The first-order valence-electron chi connectivity index (χ1n) is 9.61. The average molecular weight is 409 g/mol. The van der Waals surface area contributed by atoms with Crippen LogP contribution in [0, 0.1) is 23.0 Å². The van der Waals surface area contributed by atoms with Gasteiger partial charge in [0.2, 0.25) is 5.91 Å². The second kappa shape index (κ2) is 8.87. The Balaban J connectivity index is 1.74. The van der Waals surface area contributed by atoms with Gasteiger partial charge in [-0.15, -0.1) is 0 Å². The zero-order valence-corrected chi connectivity index (χ0v) is 16.7. The van der Waals surface area contributed by atoms with Gasteiger partial charge in [-0.2, -0.15) is 5.26 Å². The number of nitriles is 1. The second-order valence-electron chi connectivity index (χ2n) is 7.12. The summed E-state index contributed by atoms with van der Waals surface area (Å²) in [6.07, 6.45) is 3.71. The number of halogens is 2. The number of benzene rings is 2. The minimum absolute atomic E-state index is 0.0536. The topological polar surface area (TPSA) is 73.2 Å². The molecule has 2 aromatic rings. The van der Waals surface area contributed by atoms with Crippen molar-refractivity contribution in [2.75, 3.05) is 7.05 Å². The molecule has 5 nitrogen and oxygen atoms in total. The Bertz CT molecular complexity index is 1030. The Kier molecular flexibility index (Phi) is 6.26. The summed E-state index contributed by atoms with van der Waals surface area (Å²) in [5.41, 5.74) is 1.46. The molecule has 0 radical (unpaired) electrons. The largest absolute Gasteiger partial charge is 0.335 e. The molecule has 30 heavy (non-hydrogen) atoms. The molecule has 2 aromatic carbocycles.